The van der Waals surface area contributed by atoms with E-state index in [-0.39, 0.29) is 5.91 Å². The summed E-state index contributed by atoms with van der Waals surface area (Å²) in [5.41, 5.74) is 2.30. The number of carbonyl (C=O) groups is 1. The van der Waals surface area contributed by atoms with Crippen molar-refractivity contribution >= 4 is 28.4 Å². The van der Waals surface area contributed by atoms with E-state index in [4.69, 9.17) is 11.6 Å². The number of benzene rings is 1. The van der Waals surface area contributed by atoms with Gasteiger partial charge in [0.1, 0.15) is 0 Å². The summed E-state index contributed by atoms with van der Waals surface area (Å²) in [6.45, 7) is 2.90. The third-order valence-electron chi connectivity index (χ3n) is 3.57. The van der Waals surface area contributed by atoms with Crippen LogP contribution in [0.4, 0.5) is 0 Å². The van der Waals surface area contributed by atoms with E-state index in [1.165, 1.54) is 5.56 Å². The van der Waals surface area contributed by atoms with Crippen LogP contribution in [-0.4, -0.2) is 42.0 Å². The van der Waals surface area contributed by atoms with Gasteiger partial charge in [0.2, 0.25) is 5.91 Å². The summed E-state index contributed by atoms with van der Waals surface area (Å²) in [4.78, 5) is 16.9. The maximum atomic E-state index is 11.7. The number of hydrogen-bond acceptors (Lipinski definition) is 2. The third-order valence-corrected chi connectivity index (χ3v) is 3.80. The summed E-state index contributed by atoms with van der Waals surface area (Å²) >= 11 is 6.03. The van der Waals surface area contributed by atoms with Crippen LogP contribution < -0.4 is 5.32 Å². The summed E-state index contributed by atoms with van der Waals surface area (Å²) in [5, 5.41) is 4.97. The number of carbonyl (C=O) groups excluding carboxylic acids is 1. The number of fused-ring (bicyclic) bond motifs is 1. The monoisotopic (exact) mass is 277 g/mol. The highest BCUT2D eigenvalue weighted by Gasteiger charge is 2.17. The lowest BCUT2D eigenvalue weighted by Gasteiger charge is -2.27. The van der Waals surface area contributed by atoms with E-state index in [1.54, 1.807) is 0 Å². The van der Waals surface area contributed by atoms with Crippen LogP contribution in [-0.2, 0) is 11.2 Å². The predicted octanol–water partition coefficient (Wildman–Crippen LogP) is 1.80. The number of nitrogens with zero attached hydrogens (tertiary/aromatic N) is 1. The average molecular weight is 278 g/mol. The summed E-state index contributed by atoms with van der Waals surface area (Å²) in [6, 6.07) is 5.84. The summed E-state index contributed by atoms with van der Waals surface area (Å²) in [6.07, 6.45) is 2.86. The van der Waals surface area contributed by atoms with E-state index in [9.17, 15) is 4.79 Å². The van der Waals surface area contributed by atoms with Gasteiger partial charge in [-0.1, -0.05) is 11.6 Å². The number of nitrogens with one attached hydrogen (secondary N) is 2. The van der Waals surface area contributed by atoms with Crippen LogP contribution in [0.25, 0.3) is 10.9 Å². The molecule has 1 saturated heterocycles. The van der Waals surface area contributed by atoms with Gasteiger partial charge < -0.3 is 15.2 Å². The second-order valence-corrected chi connectivity index (χ2v) is 5.25. The zero-order chi connectivity index (χ0) is 13.2. The molecule has 0 atom stereocenters. The van der Waals surface area contributed by atoms with Gasteiger partial charge in [-0.3, -0.25) is 4.79 Å². The highest BCUT2D eigenvalue weighted by molar-refractivity contribution is 6.31. The molecule has 0 unspecified atom stereocenters. The minimum Gasteiger partial charge on any atom is -0.361 e. The van der Waals surface area contributed by atoms with Gasteiger partial charge in [0.15, 0.2) is 0 Å². The number of halogens is 1. The molecule has 1 aromatic carbocycles. The third kappa shape index (κ3) is 2.60. The van der Waals surface area contributed by atoms with Crippen molar-refractivity contribution < 1.29 is 4.79 Å². The van der Waals surface area contributed by atoms with Gasteiger partial charge in [0.05, 0.1) is 6.54 Å². The number of aromatic amines is 1. The van der Waals surface area contributed by atoms with Crippen LogP contribution >= 0.6 is 11.6 Å². The molecule has 0 saturated carbocycles. The zero-order valence-electron chi connectivity index (χ0n) is 10.6. The molecule has 0 aliphatic carbocycles. The Morgan fingerprint density at radius 2 is 2.26 bits per heavy atom. The molecule has 19 heavy (non-hydrogen) atoms. The highest BCUT2D eigenvalue weighted by Crippen LogP contribution is 2.22. The molecule has 0 bridgehead atoms. The summed E-state index contributed by atoms with van der Waals surface area (Å²) in [7, 11) is 0. The Kier molecular flexibility index (Phi) is 3.44. The molecule has 1 aliphatic heterocycles. The van der Waals surface area contributed by atoms with Crippen LogP contribution in [0, 0.1) is 0 Å². The quantitative estimate of drug-likeness (QED) is 0.899. The number of aromatic nitrogens is 1. The maximum absolute atomic E-state index is 11.7. The lowest BCUT2D eigenvalue weighted by atomic mass is 10.1. The number of hydrogen-bond donors (Lipinski definition) is 2. The fourth-order valence-electron chi connectivity index (χ4n) is 2.50. The first-order valence-electron chi connectivity index (χ1n) is 6.48. The van der Waals surface area contributed by atoms with Crippen molar-refractivity contribution in [2.24, 2.45) is 0 Å². The molecular weight excluding hydrogens is 262 g/mol. The van der Waals surface area contributed by atoms with E-state index in [0.29, 0.717) is 6.54 Å². The largest absolute Gasteiger partial charge is 0.361 e. The molecule has 0 radical (unpaired) electrons. The minimum atomic E-state index is 0.184. The molecule has 1 aliphatic rings. The Balaban J connectivity index is 1.74. The smallest absolute Gasteiger partial charge is 0.236 e. The van der Waals surface area contributed by atoms with Gasteiger partial charge in [0.25, 0.3) is 0 Å². The molecule has 2 heterocycles. The van der Waals surface area contributed by atoms with E-state index in [2.05, 4.69) is 10.3 Å². The van der Waals surface area contributed by atoms with E-state index >= 15 is 0 Å². The molecular formula is C14H16ClN3O. The van der Waals surface area contributed by atoms with Crippen molar-refractivity contribution in [2.75, 3.05) is 26.2 Å². The Hall–Kier alpha value is -1.52. The number of rotatable bonds is 3. The highest BCUT2D eigenvalue weighted by atomic mass is 35.5. The van der Waals surface area contributed by atoms with Crippen LogP contribution in [0.15, 0.2) is 24.4 Å². The SMILES string of the molecule is O=C1CNCCN1CCc1c[nH]c2ccc(Cl)cc12. The second-order valence-electron chi connectivity index (χ2n) is 4.81. The van der Waals surface area contributed by atoms with Gasteiger partial charge in [-0.15, -0.1) is 0 Å². The van der Waals surface area contributed by atoms with Crippen molar-refractivity contribution in [3.05, 3.63) is 35.0 Å². The van der Waals surface area contributed by atoms with Crippen molar-refractivity contribution in [2.45, 2.75) is 6.42 Å². The number of H-pyrrole nitrogens is 1. The van der Waals surface area contributed by atoms with Gasteiger partial charge >= 0.3 is 0 Å². The molecule has 4 nitrogen and oxygen atoms in total. The zero-order valence-corrected chi connectivity index (χ0v) is 11.3. The molecule has 3 rings (SSSR count). The van der Waals surface area contributed by atoms with Crippen LogP contribution in [0.3, 0.4) is 0 Å². The van der Waals surface area contributed by atoms with E-state index in [1.807, 2.05) is 29.3 Å². The topological polar surface area (TPSA) is 48.1 Å². The molecule has 1 amide bonds. The fraction of sp³-hybridized carbons (Fsp3) is 0.357. The summed E-state index contributed by atoms with van der Waals surface area (Å²) < 4.78 is 0. The average Bonchev–Trinajstić information content (AvgIpc) is 2.80. The van der Waals surface area contributed by atoms with Gasteiger partial charge in [-0.2, -0.15) is 0 Å². The van der Waals surface area contributed by atoms with E-state index in [0.717, 1.165) is 42.0 Å². The van der Waals surface area contributed by atoms with Crippen molar-refractivity contribution in [3.8, 4) is 0 Å². The fourth-order valence-corrected chi connectivity index (χ4v) is 2.67. The van der Waals surface area contributed by atoms with Gasteiger partial charge in [-0.25, -0.2) is 0 Å². The van der Waals surface area contributed by atoms with Gasteiger partial charge in [-0.05, 0) is 30.2 Å². The first-order valence-corrected chi connectivity index (χ1v) is 6.86. The predicted molar refractivity (Wildman–Crippen MR) is 76.5 cm³/mol. The van der Waals surface area contributed by atoms with Crippen molar-refractivity contribution in [3.63, 3.8) is 0 Å². The van der Waals surface area contributed by atoms with Crippen molar-refractivity contribution in [1.29, 1.82) is 0 Å². The van der Waals surface area contributed by atoms with Crippen LogP contribution in [0.1, 0.15) is 5.56 Å². The molecule has 1 fully saturated rings. The Labute approximate surface area is 116 Å². The molecule has 2 aromatic rings. The lowest BCUT2D eigenvalue weighted by Crippen LogP contribution is -2.48. The van der Waals surface area contributed by atoms with Gasteiger partial charge in [0, 0.05) is 41.8 Å². The van der Waals surface area contributed by atoms with Crippen molar-refractivity contribution in [1.82, 2.24) is 15.2 Å². The molecule has 0 spiro atoms. The van der Waals surface area contributed by atoms with Crippen LogP contribution in [0.2, 0.25) is 5.02 Å². The Bertz CT molecular complexity index is 608. The Morgan fingerprint density at radius 3 is 3.11 bits per heavy atom. The normalized spacial score (nSPS) is 16.3. The van der Waals surface area contributed by atoms with E-state index < -0.39 is 0 Å². The Morgan fingerprint density at radius 1 is 1.37 bits per heavy atom. The number of amides is 1. The standard InChI is InChI=1S/C14H16ClN3O/c15-11-1-2-13-12(7-11)10(8-17-13)3-5-18-6-4-16-9-14(18)19/h1-2,7-8,16-17H,3-6,9H2. The minimum absolute atomic E-state index is 0.184. The first kappa shape index (κ1) is 12.5. The molecule has 2 N–H and O–H groups in total. The second kappa shape index (κ2) is 5.23. The van der Waals surface area contributed by atoms with Crippen LogP contribution in [0.5, 0.6) is 0 Å². The molecule has 5 heteroatoms. The molecule has 100 valence electrons. The maximum Gasteiger partial charge on any atom is 0.236 e. The number of piperazine rings is 1. The molecule has 1 aromatic heterocycles. The lowest BCUT2D eigenvalue weighted by molar-refractivity contribution is -0.131. The summed E-state index contributed by atoms with van der Waals surface area (Å²) in [5.74, 6) is 0.184. The first-order chi connectivity index (χ1) is 9.24.